The first-order valence-corrected chi connectivity index (χ1v) is 11.6. The molecule has 0 spiro atoms. The maximum Gasteiger partial charge on any atom is 0.332 e. The molecule has 0 unspecified atom stereocenters. The Labute approximate surface area is 193 Å². The average Bonchev–Trinajstić information content (AvgIpc) is 3.30. The number of carbonyl (C=O) groups excluding carboxylic acids is 1. The number of amides is 1. The maximum atomic E-state index is 14.2. The Morgan fingerprint density at radius 1 is 1.03 bits per heavy atom. The monoisotopic (exact) mass is 465 g/mol. The summed E-state index contributed by atoms with van der Waals surface area (Å²) in [5.74, 6) is -0.812. The van der Waals surface area contributed by atoms with E-state index in [9.17, 15) is 18.8 Å². The van der Waals surface area contributed by atoms with Crippen molar-refractivity contribution in [1.82, 2.24) is 14.5 Å². The second-order valence-corrected chi connectivity index (χ2v) is 8.90. The van der Waals surface area contributed by atoms with Gasteiger partial charge in [-0.05, 0) is 42.8 Å². The number of benzene rings is 2. The topological polar surface area (TPSA) is 73.1 Å². The minimum atomic E-state index is -0.638. The quantitative estimate of drug-likeness (QED) is 0.433. The molecule has 0 aliphatic heterocycles. The largest absolute Gasteiger partial charge is 0.352 e. The summed E-state index contributed by atoms with van der Waals surface area (Å²) in [5.41, 5.74) is 0.711. The molecule has 1 N–H and O–H groups in total. The Kier molecular flexibility index (Phi) is 6.84. The normalized spacial score (nSPS) is 12.1. The minimum absolute atomic E-state index is 0.0873. The van der Waals surface area contributed by atoms with Gasteiger partial charge in [0.1, 0.15) is 17.1 Å². The van der Waals surface area contributed by atoms with Crippen LogP contribution in [0.15, 0.2) is 75.6 Å². The molecule has 1 atom stereocenters. The number of fused-ring (bicyclic) bond motifs is 1. The number of thiophene rings is 1. The van der Waals surface area contributed by atoms with Crippen LogP contribution < -0.4 is 16.6 Å². The van der Waals surface area contributed by atoms with Crippen LogP contribution in [0.4, 0.5) is 4.39 Å². The van der Waals surface area contributed by atoms with Gasteiger partial charge in [0.05, 0.1) is 12.1 Å². The molecule has 0 aliphatic rings. The van der Waals surface area contributed by atoms with Crippen LogP contribution >= 0.6 is 11.3 Å². The van der Waals surface area contributed by atoms with Crippen molar-refractivity contribution in [3.8, 4) is 0 Å². The van der Waals surface area contributed by atoms with Crippen molar-refractivity contribution >= 4 is 27.5 Å². The Morgan fingerprint density at radius 3 is 2.52 bits per heavy atom. The highest BCUT2D eigenvalue weighted by atomic mass is 32.1. The van der Waals surface area contributed by atoms with Crippen molar-refractivity contribution in [2.45, 2.75) is 38.9 Å². The van der Waals surface area contributed by atoms with Crippen LogP contribution in [-0.2, 0) is 24.3 Å². The third-order valence-electron chi connectivity index (χ3n) is 5.54. The summed E-state index contributed by atoms with van der Waals surface area (Å²) in [6.07, 6.45) is 1.58. The second kappa shape index (κ2) is 9.95. The molecule has 4 rings (SSSR count). The summed E-state index contributed by atoms with van der Waals surface area (Å²) >= 11 is 1.19. The number of rotatable bonds is 8. The van der Waals surface area contributed by atoms with E-state index in [0.29, 0.717) is 10.2 Å². The lowest BCUT2D eigenvalue weighted by Gasteiger charge is -2.16. The fourth-order valence-corrected chi connectivity index (χ4v) is 4.63. The third kappa shape index (κ3) is 5.12. The number of hydrogen-bond donors (Lipinski definition) is 1. The van der Waals surface area contributed by atoms with Crippen molar-refractivity contribution in [1.29, 1.82) is 0 Å². The van der Waals surface area contributed by atoms with E-state index >= 15 is 0 Å². The molecule has 2 aromatic heterocycles. The summed E-state index contributed by atoms with van der Waals surface area (Å²) in [7, 11) is 0. The van der Waals surface area contributed by atoms with E-state index in [1.165, 1.54) is 33.6 Å². The van der Waals surface area contributed by atoms with E-state index < -0.39 is 17.1 Å². The fraction of sp³-hybridized carbons (Fsp3) is 0.240. The Bertz CT molecular complexity index is 1390. The molecule has 0 fully saturated rings. The zero-order valence-electron chi connectivity index (χ0n) is 18.2. The van der Waals surface area contributed by atoms with Crippen molar-refractivity contribution < 1.29 is 9.18 Å². The first-order chi connectivity index (χ1) is 15.9. The number of aryl methyl sites for hydroxylation is 1. The first kappa shape index (κ1) is 22.7. The van der Waals surface area contributed by atoms with Gasteiger partial charge in [0, 0.05) is 11.6 Å². The lowest BCUT2D eigenvalue weighted by Crippen LogP contribution is -2.43. The highest BCUT2D eigenvalue weighted by Gasteiger charge is 2.18. The van der Waals surface area contributed by atoms with Crippen molar-refractivity contribution in [2.24, 2.45) is 0 Å². The van der Waals surface area contributed by atoms with Crippen molar-refractivity contribution in [2.75, 3.05) is 0 Å². The van der Waals surface area contributed by atoms with Gasteiger partial charge in [-0.2, -0.15) is 0 Å². The van der Waals surface area contributed by atoms with Crippen molar-refractivity contribution in [3.05, 3.63) is 104 Å². The predicted octanol–water partition coefficient (Wildman–Crippen LogP) is 3.55. The summed E-state index contributed by atoms with van der Waals surface area (Å²) < 4.78 is 16.8. The molecule has 1 amide bonds. The van der Waals surface area contributed by atoms with Gasteiger partial charge in [0.15, 0.2) is 0 Å². The minimum Gasteiger partial charge on any atom is -0.352 e. The fourth-order valence-electron chi connectivity index (χ4n) is 3.79. The summed E-state index contributed by atoms with van der Waals surface area (Å²) in [4.78, 5) is 38.8. The van der Waals surface area contributed by atoms with Crippen LogP contribution in [0.25, 0.3) is 10.2 Å². The third-order valence-corrected chi connectivity index (χ3v) is 6.43. The van der Waals surface area contributed by atoms with Gasteiger partial charge in [-0.25, -0.2) is 9.18 Å². The average molecular weight is 466 g/mol. The molecule has 0 saturated heterocycles. The van der Waals surface area contributed by atoms with Crippen molar-refractivity contribution in [3.63, 3.8) is 0 Å². The number of aromatic nitrogens is 2. The van der Waals surface area contributed by atoms with Crippen LogP contribution in [0.1, 0.15) is 24.5 Å². The summed E-state index contributed by atoms with van der Waals surface area (Å²) in [6, 6.07) is 17.6. The number of carbonyl (C=O) groups is 1. The zero-order valence-corrected chi connectivity index (χ0v) is 19.0. The molecule has 0 saturated carbocycles. The molecule has 6 nitrogen and oxygen atoms in total. The molecule has 4 aromatic rings. The van der Waals surface area contributed by atoms with Gasteiger partial charge in [0.2, 0.25) is 5.91 Å². The standard InChI is InChI=1S/C25H24FN3O3S/c1-17(11-12-18-7-3-2-4-8-18)27-22(30)16-28-21-13-14-33-23(21)24(31)29(25(28)32)15-19-9-5-6-10-20(19)26/h2-10,13-14,17H,11-12,15-16H2,1H3,(H,27,30)/t17-/m1/s1. The highest BCUT2D eigenvalue weighted by molar-refractivity contribution is 7.17. The molecule has 0 bridgehead atoms. The number of hydrogen-bond acceptors (Lipinski definition) is 4. The number of nitrogens with zero attached hydrogens (tertiary/aromatic N) is 2. The molecular formula is C25H24FN3O3S. The lowest BCUT2D eigenvalue weighted by atomic mass is 10.1. The van der Waals surface area contributed by atoms with Gasteiger partial charge in [0.25, 0.3) is 5.56 Å². The van der Waals surface area contributed by atoms with Gasteiger partial charge < -0.3 is 5.32 Å². The Hall–Kier alpha value is -3.52. The number of halogens is 1. The molecule has 170 valence electrons. The van der Waals surface area contributed by atoms with E-state index in [1.807, 2.05) is 37.3 Å². The van der Waals surface area contributed by atoms with Gasteiger partial charge in [-0.15, -0.1) is 11.3 Å². The van der Waals surface area contributed by atoms with Gasteiger partial charge in [-0.3, -0.25) is 18.7 Å². The van der Waals surface area contributed by atoms with E-state index in [-0.39, 0.29) is 30.6 Å². The summed E-state index contributed by atoms with van der Waals surface area (Å²) in [6.45, 7) is 1.50. The van der Waals surface area contributed by atoms with Crippen LogP contribution in [0.5, 0.6) is 0 Å². The maximum absolute atomic E-state index is 14.2. The number of nitrogens with one attached hydrogen (secondary N) is 1. The summed E-state index contributed by atoms with van der Waals surface area (Å²) in [5, 5.41) is 4.64. The van der Waals surface area contributed by atoms with Crippen LogP contribution in [0, 0.1) is 5.82 Å². The van der Waals surface area contributed by atoms with Crippen LogP contribution in [-0.4, -0.2) is 21.1 Å². The lowest BCUT2D eigenvalue weighted by molar-refractivity contribution is -0.122. The van der Waals surface area contributed by atoms with E-state index in [4.69, 9.17) is 0 Å². The molecular weight excluding hydrogens is 441 g/mol. The van der Waals surface area contributed by atoms with E-state index in [2.05, 4.69) is 5.32 Å². The molecule has 2 heterocycles. The van der Waals surface area contributed by atoms with Crippen LogP contribution in [0.3, 0.4) is 0 Å². The molecule has 33 heavy (non-hydrogen) atoms. The molecule has 8 heteroatoms. The second-order valence-electron chi connectivity index (χ2n) is 7.98. The van der Waals surface area contributed by atoms with Crippen LogP contribution in [0.2, 0.25) is 0 Å². The zero-order chi connectivity index (χ0) is 23.4. The first-order valence-electron chi connectivity index (χ1n) is 10.7. The van der Waals surface area contributed by atoms with E-state index in [0.717, 1.165) is 17.4 Å². The molecule has 2 aromatic carbocycles. The van der Waals surface area contributed by atoms with Gasteiger partial charge in [-0.1, -0.05) is 48.5 Å². The van der Waals surface area contributed by atoms with Gasteiger partial charge >= 0.3 is 5.69 Å². The SMILES string of the molecule is C[C@H](CCc1ccccc1)NC(=O)Cn1c(=O)n(Cc2ccccc2F)c(=O)c2sccc21. The predicted molar refractivity (Wildman–Crippen MR) is 128 cm³/mol. The smallest absolute Gasteiger partial charge is 0.332 e. The Morgan fingerprint density at radius 2 is 1.76 bits per heavy atom. The van der Waals surface area contributed by atoms with E-state index in [1.54, 1.807) is 23.6 Å². The molecule has 0 radical (unpaired) electrons. The Balaban J connectivity index is 1.55. The highest BCUT2D eigenvalue weighted by Crippen LogP contribution is 2.16. The molecule has 0 aliphatic carbocycles.